The minimum absolute atomic E-state index is 0.0200. The number of rotatable bonds is 6. The number of likely N-dealkylation sites (N-methyl/N-ethyl adjacent to an activating group) is 1. The lowest BCUT2D eigenvalue weighted by molar-refractivity contribution is -0.138. The van der Waals surface area contributed by atoms with Crippen molar-refractivity contribution in [3.8, 4) is 5.75 Å². The number of halogens is 1. The van der Waals surface area contributed by atoms with Gasteiger partial charge in [0.15, 0.2) is 6.10 Å². The van der Waals surface area contributed by atoms with E-state index in [1.165, 1.54) is 0 Å². The zero-order valence-corrected chi connectivity index (χ0v) is 15.4. The van der Waals surface area contributed by atoms with Crippen molar-refractivity contribution in [1.82, 2.24) is 4.90 Å². The highest BCUT2D eigenvalue weighted by atomic mass is 35.5. The van der Waals surface area contributed by atoms with Gasteiger partial charge >= 0.3 is 0 Å². The van der Waals surface area contributed by atoms with Crippen molar-refractivity contribution in [3.05, 3.63) is 64.2 Å². The normalized spacial score (nSPS) is 11.9. The first kappa shape index (κ1) is 18.3. The van der Waals surface area contributed by atoms with Crippen molar-refractivity contribution < 1.29 is 9.53 Å². The third-order valence-electron chi connectivity index (χ3n) is 4.18. The second kappa shape index (κ2) is 8.20. The highest BCUT2D eigenvalue weighted by Crippen LogP contribution is 2.23. The van der Waals surface area contributed by atoms with Gasteiger partial charge in [0, 0.05) is 18.6 Å². The van der Waals surface area contributed by atoms with Crippen molar-refractivity contribution in [2.24, 2.45) is 0 Å². The van der Waals surface area contributed by atoms with Gasteiger partial charge in [-0.1, -0.05) is 42.8 Å². The van der Waals surface area contributed by atoms with Crippen LogP contribution in [0.3, 0.4) is 0 Å². The van der Waals surface area contributed by atoms with Crippen LogP contribution < -0.4 is 4.74 Å². The monoisotopic (exact) mass is 345 g/mol. The second-order valence-corrected chi connectivity index (χ2v) is 6.47. The molecule has 0 fully saturated rings. The topological polar surface area (TPSA) is 29.5 Å². The van der Waals surface area contributed by atoms with E-state index in [4.69, 9.17) is 16.3 Å². The summed E-state index contributed by atoms with van der Waals surface area (Å²) in [5.74, 6) is 0.753. The van der Waals surface area contributed by atoms with Crippen LogP contribution in [0, 0.1) is 13.8 Å². The number of aryl methyl sites for hydroxylation is 1. The molecule has 24 heavy (non-hydrogen) atoms. The van der Waals surface area contributed by atoms with Crippen LogP contribution in [0.4, 0.5) is 0 Å². The van der Waals surface area contributed by atoms with Crippen molar-refractivity contribution in [3.63, 3.8) is 0 Å². The maximum atomic E-state index is 12.7. The third-order valence-corrected chi connectivity index (χ3v) is 4.43. The number of nitrogens with zero attached hydrogens (tertiary/aromatic N) is 1. The number of benzene rings is 2. The number of hydrogen-bond acceptors (Lipinski definition) is 2. The SMILES string of the molecule is CC[C@H](Oc1cccc(C)c1C)C(=O)N(C)Cc1ccc(Cl)cc1. The van der Waals surface area contributed by atoms with Gasteiger partial charge in [-0.25, -0.2) is 0 Å². The molecule has 1 atom stereocenters. The van der Waals surface area contributed by atoms with Crippen LogP contribution in [0.5, 0.6) is 5.75 Å². The molecule has 0 bridgehead atoms. The molecular weight excluding hydrogens is 322 g/mol. The van der Waals surface area contributed by atoms with E-state index < -0.39 is 6.10 Å². The third kappa shape index (κ3) is 4.51. The van der Waals surface area contributed by atoms with Gasteiger partial charge in [0.05, 0.1) is 0 Å². The first-order chi connectivity index (χ1) is 11.4. The number of carbonyl (C=O) groups excluding carboxylic acids is 1. The molecule has 2 aromatic rings. The van der Waals surface area contributed by atoms with E-state index in [9.17, 15) is 4.79 Å². The highest BCUT2D eigenvalue weighted by molar-refractivity contribution is 6.30. The van der Waals surface area contributed by atoms with Gasteiger partial charge < -0.3 is 9.64 Å². The molecular formula is C20H24ClNO2. The number of ether oxygens (including phenoxy) is 1. The Morgan fingerprint density at radius 1 is 1.17 bits per heavy atom. The molecule has 0 saturated carbocycles. The summed E-state index contributed by atoms with van der Waals surface area (Å²) < 4.78 is 6.00. The Bertz CT molecular complexity index is 697. The Hall–Kier alpha value is -2.00. The van der Waals surface area contributed by atoms with Crippen molar-refractivity contribution in [2.45, 2.75) is 39.8 Å². The van der Waals surface area contributed by atoms with E-state index in [-0.39, 0.29) is 5.91 Å². The van der Waals surface area contributed by atoms with Crippen molar-refractivity contribution in [1.29, 1.82) is 0 Å². The minimum Gasteiger partial charge on any atom is -0.480 e. The second-order valence-electron chi connectivity index (χ2n) is 6.03. The average molecular weight is 346 g/mol. The fourth-order valence-electron chi connectivity index (χ4n) is 2.50. The van der Waals surface area contributed by atoms with Gasteiger partial charge in [-0.15, -0.1) is 0 Å². The molecule has 0 aliphatic rings. The van der Waals surface area contributed by atoms with Gasteiger partial charge in [0.2, 0.25) is 0 Å². The van der Waals surface area contributed by atoms with Gasteiger partial charge in [-0.3, -0.25) is 4.79 Å². The molecule has 2 aromatic carbocycles. The van der Waals surface area contributed by atoms with Gasteiger partial charge in [0.1, 0.15) is 5.75 Å². The molecule has 4 heteroatoms. The maximum absolute atomic E-state index is 12.7. The molecule has 0 saturated heterocycles. The molecule has 2 rings (SSSR count). The van der Waals surface area contributed by atoms with Crippen LogP contribution in [0.15, 0.2) is 42.5 Å². The Morgan fingerprint density at radius 2 is 1.83 bits per heavy atom. The zero-order valence-electron chi connectivity index (χ0n) is 14.7. The maximum Gasteiger partial charge on any atom is 0.263 e. The Labute approximate surface area is 149 Å². The van der Waals surface area contributed by atoms with Crippen LogP contribution >= 0.6 is 11.6 Å². The van der Waals surface area contributed by atoms with E-state index in [0.717, 1.165) is 22.4 Å². The molecule has 0 unspecified atom stereocenters. The van der Waals surface area contributed by atoms with E-state index in [1.807, 2.05) is 63.2 Å². The molecule has 128 valence electrons. The van der Waals surface area contributed by atoms with E-state index >= 15 is 0 Å². The summed E-state index contributed by atoms with van der Waals surface area (Å²) in [5, 5.41) is 0.692. The average Bonchev–Trinajstić information content (AvgIpc) is 2.57. The number of hydrogen-bond donors (Lipinski definition) is 0. The molecule has 3 nitrogen and oxygen atoms in total. The smallest absolute Gasteiger partial charge is 0.263 e. The molecule has 1 amide bonds. The predicted octanol–water partition coefficient (Wildman–Crippen LogP) is 4.77. The fourth-order valence-corrected chi connectivity index (χ4v) is 2.63. The van der Waals surface area contributed by atoms with Gasteiger partial charge in [0.25, 0.3) is 5.91 Å². The number of amides is 1. The molecule has 0 heterocycles. The predicted molar refractivity (Wildman–Crippen MR) is 98.5 cm³/mol. The highest BCUT2D eigenvalue weighted by Gasteiger charge is 2.23. The zero-order chi connectivity index (χ0) is 17.7. The lowest BCUT2D eigenvalue weighted by Gasteiger charge is -2.25. The van der Waals surface area contributed by atoms with Crippen molar-refractivity contribution >= 4 is 17.5 Å². The molecule has 0 aliphatic carbocycles. The lowest BCUT2D eigenvalue weighted by atomic mass is 10.1. The Balaban J connectivity index is 2.07. The largest absolute Gasteiger partial charge is 0.480 e. The summed E-state index contributed by atoms with van der Waals surface area (Å²) in [6.45, 7) is 6.55. The van der Waals surface area contributed by atoms with E-state index in [1.54, 1.807) is 11.9 Å². The van der Waals surface area contributed by atoms with Crippen molar-refractivity contribution in [2.75, 3.05) is 7.05 Å². The molecule has 0 radical (unpaired) electrons. The summed E-state index contributed by atoms with van der Waals surface area (Å²) >= 11 is 5.90. The fraction of sp³-hybridized carbons (Fsp3) is 0.350. The van der Waals surface area contributed by atoms with E-state index in [2.05, 4.69) is 0 Å². The molecule has 0 N–H and O–H groups in total. The Morgan fingerprint density at radius 3 is 2.46 bits per heavy atom. The van der Waals surface area contributed by atoms with Crippen LogP contribution in [0.2, 0.25) is 5.02 Å². The minimum atomic E-state index is -0.484. The molecule has 0 aliphatic heterocycles. The van der Waals surface area contributed by atoms with Crippen LogP contribution in [0.1, 0.15) is 30.0 Å². The number of carbonyl (C=O) groups is 1. The molecule has 0 aromatic heterocycles. The lowest BCUT2D eigenvalue weighted by Crippen LogP contribution is -2.39. The van der Waals surface area contributed by atoms with Crippen LogP contribution in [0.25, 0.3) is 0 Å². The summed E-state index contributed by atoms with van der Waals surface area (Å²) in [7, 11) is 1.80. The quantitative estimate of drug-likeness (QED) is 0.754. The van der Waals surface area contributed by atoms with Crippen LogP contribution in [-0.4, -0.2) is 24.0 Å². The molecule has 0 spiro atoms. The summed E-state index contributed by atoms with van der Waals surface area (Å²) in [5.41, 5.74) is 3.27. The van der Waals surface area contributed by atoms with Gasteiger partial charge in [-0.2, -0.15) is 0 Å². The van der Waals surface area contributed by atoms with Crippen LogP contribution in [-0.2, 0) is 11.3 Å². The standard InChI is InChI=1S/C20H24ClNO2/c1-5-18(24-19-8-6-7-14(2)15(19)3)20(23)22(4)13-16-9-11-17(21)12-10-16/h6-12,18H,5,13H2,1-4H3/t18-/m0/s1. The summed E-state index contributed by atoms with van der Waals surface area (Å²) in [6, 6.07) is 13.4. The first-order valence-corrected chi connectivity index (χ1v) is 8.52. The Kier molecular flexibility index (Phi) is 6.27. The summed E-state index contributed by atoms with van der Waals surface area (Å²) in [6.07, 6.45) is 0.139. The first-order valence-electron chi connectivity index (χ1n) is 8.14. The summed E-state index contributed by atoms with van der Waals surface area (Å²) in [4.78, 5) is 14.4. The van der Waals surface area contributed by atoms with E-state index in [0.29, 0.717) is 18.0 Å². The van der Waals surface area contributed by atoms with Gasteiger partial charge in [-0.05, 0) is 55.2 Å².